The number of rotatable bonds is 8. The van der Waals surface area contributed by atoms with Crippen LogP contribution in [0.15, 0.2) is 18.2 Å². The molecule has 0 saturated heterocycles. The van der Waals surface area contributed by atoms with Crippen LogP contribution in [0.4, 0.5) is 5.69 Å². The van der Waals surface area contributed by atoms with Gasteiger partial charge in [0, 0.05) is 19.2 Å². The van der Waals surface area contributed by atoms with Crippen molar-refractivity contribution in [1.82, 2.24) is 10.2 Å². The van der Waals surface area contributed by atoms with Crippen LogP contribution in [0.1, 0.15) is 6.42 Å². The number of nitrogens with zero attached hydrogens (tertiary/aromatic N) is 1. The Morgan fingerprint density at radius 1 is 1.17 bits per heavy atom. The first-order chi connectivity index (χ1) is 11.5. The van der Waals surface area contributed by atoms with Crippen LogP contribution < -0.4 is 20.1 Å². The Morgan fingerprint density at radius 3 is 2.50 bits per heavy atom. The number of hydrogen-bond acceptors (Lipinski definition) is 5. The van der Waals surface area contributed by atoms with Crippen molar-refractivity contribution in [2.75, 3.05) is 46.7 Å². The van der Waals surface area contributed by atoms with Crippen molar-refractivity contribution in [2.45, 2.75) is 6.42 Å². The molecule has 2 unspecified atom stereocenters. The number of ether oxygens (including phenoxy) is 2. The van der Waals surface area contributed by atoms with E-state index < -0.39 is 0 Å². The number of hydrogen-bond donors (Lipinski definition) is 2. The van der Waals surface area contributed by atoms with Gasteiger partial charge in [-0.15, -0.1) is 0 Å². The summed E-state index contributed by atoms with van der Waals surface area (Å²) in [6.45, 7) is 1.36. The fourth-order valence-electron chi connectivity index (χ4n) is 2.45. The third-order valence-corrected chi connectivity index (χ3v) is 3.99. The minimum atomic E-state index is -0.291. The highest BCUT2D eigenvalue weighted by molar-refractivity contribution is 6.00. The lowest BCUT2D eigenvalue weighted by Crippen LogP contribution is -2.33. The van der Waals surface area contributed by atoms with E-state index in [2.05, 4.69) is 10.6 Å². The van der Waals surface area contributed by atoms with E-state index in [4.69, 9.17) is 9.47 Å². The largest absolute Gasteiger partial charge is 0.497 e. The van der Waals surface area contributed by atoms with Crippen molar-refractivity contribution in [1.29, 1.82) is 0 Å². The lowest BCUT2D eigenvalue weighted by Gasteiger charge is -2.12. The van der Waals surface area contributed by atoms with Crippen molar-refractivity contribution < 1.29 is 19.1 Å². The van der Waals surface area contributed by atoms with Gasteiger partial charge in [-0.05, 0) is 32.6 Å². The number of amides is 2. The normalized spacial score (nSPS) is 18.9. The number of carbonyl (C=O) groups is 2. The summed E-state index contributed by atoms with van der Waals surface area (Å²) in [5.74, 6) is 0.407. The van der Waals surface area contributed by atoms with Crippen molar-refractivity contribution in [2.24, 2.45) is 11.8 Å². The molecule has 0 spiro atoms. The fourth-order valence-corrected chi connectivity index (χ4v) is 2.45. The third kappa shape index (κ3) is 4.61. The van der Waals surface area contributed by atoms with Crippen LogP contribution in [0.5, 0.6) is 11.5 Å². The molecule has 1 aliphatic rings. The summed E-state index contributed by atoms with van der Waals surface area (Å²) in [4.78, 5) is 26.4. The number of nitrogens with one attached hydrogen (secondary N) is 2. The molecule has 0 bridgehead atoms. The van der Waals surface area contributed by atoms with Gasteiger partial charge in [-0.1, -0.05) is 0 Å². The van der Waals surface area contributed by atoms with Gasteiger partial charge in [0.25, 0.3) is 0 Å². The molecule has 7 nitrogen and oxygen atoms in total. The van der Waals surface area contributed by atoms with E-state index in [1.54, 1.807) is 25.3 Å². The van der Waals surface area contributed by atoms with Gasteiger partial charge in [0.15, 0.2) is 0 Å². The predicted molar refractivity (Wildman–Crippen MR) is 91.3 cm³/mol. The first-order valence-corrected chi connectivity index (χ1v) is 7.91. The molecule has 1 aromatic carbocycles. The molecule has 0 radical (unpaired) electrons. The average molecular weight is 335 g/mol. The number of anilines is 1. The van der Waals surface area contributed by atoms with Crippen LogP contribution in [0.2, 0.25) is 0 Å². The third-order valence-electron chi connectivity index (χ3n) is 3.99. The van der Waals surface area contributed by atoms with Gasteiger partial charge in [0.1, 0.15) is 11.5 Å². The summed E-state index contributed by atoms with van der Waals surface area (Å²) >= 11 is 0. The molecule has 2 atom stereocenters. The maximum absolute atomic E-state index is 12.3. The molecule has 1 aliphatic carbocycles. The maximum atomic E-state index is 12.3. The van der Waals surface area contributed by atoms with E-state index in [1.165, 1.54) is 7.11 Å². The molecule has 0 aromatic heterocycles. The van der Waals surface area contributed by atoms with Crippen LogP contribution in [0.3, 0.4) is 0 Å². The van der Waals surface area contributed by atoms with Crippen LogP contribution in [0, 0.1) is 11.8 Å². The summed E-state index contributed by atoms with van der Waals surface area (Å²) in [6, 6.07) is 5.19. The molecule has 0 aliphatic heterocycles. The highest BCUT2D eigenvalue weighted by Gasteiger charge is 2.48. The van der Waals surface area contributed by atoms with Crippen LogP contribution in [-0.2, 0) is 9.59 Å². The zero-order chi connectivity index (χ0) is 17.7. The summed E-state index contributed by atoms with van der Waals surface area (Å²) in [6.07, 6.45) is 0.575. The molecule has 1 saturated carbocycles. The molecule has 132 valence electrons. The van der Waals surface area contributed by atoms with Gasteiger partial charge < -0.3 is 25.0 Å². The molecule has 2 N–H and O–H groups in total. The Labute approximate surface area is 142 Å². The molecule has 0 heterocycles. The van der Waals surface area contributed by atoms with E-state index in [1.807, 2.05) is 19.0 Å². The van der Waals surface area contributed by atoms with Crippen molar-refractivity contribution in [3.63, 3.8) is 0 Å². The summed E-state index contributed by atoms with van der Waals surface area (Å²) < 4.78 is 10.4. The molecular formula is C17H25N3O4. The van der Waals surface area contributed by atoms with E-state index in [9.17, 15) is 9.59 Å². The average Bonchev–Trinajstić information content (AvgIpc) is 3.35. The highest BCUT2D eigenvalue weighted by atomic mass is 16.5. The zero-order valence-electron chi connectivity index (χ0n) is 14.6. The minimum Gasteiger partial charge on any atom is -0.497 e. The minimum absolute atomic E-state index is 0.0605. The lowest BCUT2D eigenvalue weighted by atomic mass is 10.2. The monoisotopic (exact) mass is 335 g/mol. The Kier molecular flexibility index (Phi) is 6.03. The SMILES string of the molecule is COc1ccc(OC)c(NC(=O)C2CC2C(=O)NCCN(C)C)c1. The first kappa shape index (κ1) is 18.1. The zero-order valence-corrected chi connectivity index (χ0v) is 14.6. The topological polar surface area (TPSA) is 79.9 Å². The van der Waals surface area contributed by atoms with Crippen molar-refractivity contribution in [3.8, 4) is 11.5 Å². The second-order valence-corrected chi connectivity index (χ2v) is 6.10. The van der Waals surface area contributed by atoms with Gasteiger partial charge in [0.05, 0.1) is 31.7 Å². The van der Waals surface area contributed by atoms with Crippen molar-refractivity contribution in [3.05, 3.63) is 18.2 Å². The first-order valence-electron chi connectivity index (χ1n) is 7.91. The Bertz CT molecular complexity index is 603. The van der Waals surface area contributed by atoms with Gasteiger partial charge in [-0.25, -0.2) is 0 Å². The van der Waals surface area contributed by atoms with Crippen LogP contribution >= 0.6 is 0 Å². The standard InChI is InChI=1S/C17H25N3O4/c1-20(2)8-7-18-16(21)12-10-13(12)17(22)19-14-9-11(23-3)5-6-15(14)24-4/h5-6,9,12-13H,7-8,10H2,1-4H3,(H,18,21)(H,19,22). The van der Waals surface area contributed by atoms with Crippen LogP contribution in [0.25, 0.3) is 0 Å². The van der Waals surface area contributed by atoms with E-state index in [0.29, 0.717) is 30.2 Å². The highest BCUT2D eigenvalue weighted by Crippen LogP contribution is 2.40. The summed E-state index contributed by atoms with van der Waals surface area (Å²) in [5, 5.41) is 5.69. The fraction of sp³-hybridized carbons (Fsp3) is 0.529. The molecule has 24 heavy (non-hydrogen) atoms. The van der Waals surface area contributed by atoms with Gasteiger partial charge in [-0.2, -0.15) is 0 Å². The Balaban J connectivity index is 1.89. The van der Waals surface area contributed by atoms with Crippen molar-refractivity contribution >= 4 is 17.5 Å². The van der Waals surface area contributed by atoms with E-state index >= 15 is 0 Å². The number of likely N-dealkylation sites (N-methyl/N-ethyl adjacent to an activating group) is 1. The van der Waals surface area contributed by atoms with Crippen LogP contribution in [-0.4, -0.2) is 58.1 Å². The number of methoxy groups -OCH3 is 2. The predicted octanol–water partition coefficient (Wildman–Crippen LogP) is 0.956. The quantitative estimate of drug-likeness (QED) is 0.740. The van der Waals surface area contributed by atoms with E-state index in [-0.39, 0.29) is 23.7 Å². The smallest absolute Gasteiger partial charge is 0.228 e. The second-order valence-electron chi connectivity index (χ2n) is 6.10. The summed E-state index contributed by atoms with van der Waals surface area (Å²) in [5.41, 5.74) is 0.542. The number of benzene rings is 1. The lowest BCUT2D eigenvalue weighted by molar-refractivity contribution is -0.125. The summed E-state index contributed by atoms with van der Waals surface area (Å²) in [7, 11) is 6.99. The molecule has 1 fully saturated rings. The molecule has 2 amide bonds. The Morgan fingerprint density at radius 2 is 1.88 bits per heavy atom. The van der Waals surface area contributed by atoms with Gasteiger partial charge in [-0.3, -0.25) is 9.59 Å². The van der Waals surface area contributed by atoms with E-state index in [0.717, 1.165) is 6.54 Å². The number of carbonyl (C=O) groups excluding carboxylic acids is 2. The Hall–Kier alpha value is -2.28. The van der Waals surface area contributed by atoms with Gasteiger partial charge >= 0.3 is 0 Å². The maximum Gasteiger partial charge on any atom is 0.228 e. The van der Waals surface area contributed by atoms with Gasteiger partial charge in [0.2, 0.25) is 11.8 Å². The molecule has 1 aromatic rings. The molecular weight excluding hydrogens is 310 g/mol. The molecule has 2 rings (SSSR count). The second kappa shape index (κ2) is 8.01. The molecule has 7 heteroatoms.